The molecule has 1 heterocycles. The van der Waals surface area contributed by atoms with E-state index in [-0.39, 0.29) is 6.42 Å². The Morgan fingerprint density at radius 2 is 2.58 bits per heavy atom. The van der Waals surface area contributed by atoms with Crippen molar-refractivity contribution in [2.45, 2.75) is 6.42 Å². The number of rotatable bonds is 3. The van der Waals surface area contributed by atoms with Crippen molar-refractivity contribution in [2.75, 3.05) is 0 Å². The average Bonchev–Trinajstić information content (AvgIpc) is 2.36. The molecule has 1 rings (SSSR count). The molecule has 1 N–H and O–H groups in total. The summed E-state index contributed by atoms with van der Waals surface area (Å²) in [5.41, 5.74) is 0.899. The Hall–Kier alpha value is -1.58. The van der Waals surface area contributed by atoms with Crippen molar-refractivity contribution in [3.63, 3.8) is 0 Å². The van der Waals surface area contributed by atoms with Gasteiger partial charge in [0.1, 0.15) is 0 Å². The zero-order chi connectivity index (χ0) is 8.97. The number of carbonyl (C=O) groups is 1. The lowest BCUT2D eigenvalue weighted by molar-refractivity contribution is -0.135. The van der Waals surface area contributed by atoms with Gasteiger partial charge in [-0.1, -0.05) is 6.08 Å². The minimum atomic E-state index is -0.826. The molecule has 4 nitrogen and oxygen atoms in total. The van der Waals surface area contributed by atoms with E-state index >= 15 is 0 Å². The Bertz CT molecular complexity index is 302. The Kier molecular flexibility index (Phi) is 2.63. The van der Waals surface area contributed by atoms with Gasteiger partial charge in [-0.2, -0.15) is 0 Å². The number of aryl methyl sites for hydroxylation is 1. The fourth-order valence-corrected chi connectivity index (χ4v) is 0.809. The molecule has 64 valence electrons. The number of aliphatic carboxylic acids is 1. The van der Waals surface area contributed by atoms with Crippen molar-refractivity contribution in [2.24, 2.45) is 7.05 Å². The maximum absolute atomic E-state index is 10.1. The van der Waals surface area contributed by atoms with E-state index in [1.54, 1.807) is 24.7 Å². The van der Waals surface area contributed by atoms with Crippen LogP contribution >= 0.6 is 0 Å². The fourth-order valence-electron chi connectivity index (χ4n) is 0.809. The number of aromatic nitrogens is 2. The molecule has 0 amide bonds. The number of nitrogens with zero attached hydrogens (tertiary/aromatic N) is 2. The van der Waals surface area contributed by atoms with Crippen LogP contribution in [0.25, 0.3) is 6.08 Å². The SMILES string of the molecule is Cn1cncc1C=CCC(=O)O. The summed E-state index contributed by atoms with van der Waals surface area (Å²) in [6, 6.07) is 0. The van der Waals surface area contributed by atoms with Crippen LogP contribution in [0.1, 0.15) is 12.1 Å². The molecule has 0 aliphatic heterocycles. The second-order valence-electron chi connectivity index (χ2n) is 2.43. The predicted octanol–water partition coefficient (Wildman–Crippen LogP) is 0.908. The van der Waals surface area contributed by atoms with Gasteiger partial charge in [-0.05, 0) is 6.08 Å². The molecule has 0 aromatic carbocycles. The van der Waals surface area contributed by atoms with E-state index in [1.807, 2.05) is 11.6 Å². The third-order valence-corrected chi connectivity index (χ3v) is 1.44. The van der Waals surface area contributed by atoms with Gasteiger partial charge in [0, 0.05) is 7.05 Å². The smallest absolute Gasteiger partial charge is 0.307 e. The first-order chi connectivity index (χ1) is 5.70. The van der Waals surface area contributed by atoms with Crippen molar-refractivity contribution in [1.82, 2.24) is 9.55 Å². The Morgan fingerprint density at radius 1 is 1.83 bits per heavy atom. The van der Waals surface area contributed by atoms with Crippen molar-refractivity contribution >= 4 is 12.0 Å². The van der Waals surface area contributed by atoms with Gasteiger partial charge >= 0.3 is 5.97 Å². The third kappa shape index (κ3) is 2.23. The molecule has 0 saturated carbocycles. The molecular weight excluding hydrogens is 156 g/mol. The van der Waals surface area contributed by atoms with Crippen molar-refractivity contribution < 1.29 is 9.90 Å². The average molecular weight is 166 g/mol. The zero-order valence-corrected chi connectivity index (χ0v) is 6.77. The summed E-state index contributed by atoms with van der Waals surface area (Å²) in [6.07, 6.45) is 6.73. The van der Waals surface area contributed by atoms with Gasteiger partial charge in [0.25, 0.3) is 0 Å². The maximum Gasteiger partial charge on any atom is 0.307 e. The molecule has 0 radical (unpaired) electrons. The van der Waals surface area contributed by atoms with Crippen LogP contribution in [0.4, 0.5) is 0 Å². The standard InChI is InChI=1S/C8H10N2O2/c1-10-6-9-5-7(10)3-2-4-8(11)12/h2-3,5-6H,4H2,1H3,(H,11,12). The highest BCUT2D eigenvalue weighted by atomic mass is 16.4. The van der Waals surface area contributed by atoms with E-state index < -0.39 is 5.97 Å². The van der Waals surface area contributed by atoms with Gasteiger partial charge in [-0.15, -0.1) is 0 Å². The molecule has 12 heavy (non-hydrogen) atoms. The molecule has 0 aliphatic rings. The van der Waals surface area contributed by atoms with Gasteiger partial charge in [0.05, 0.1) is 24.6 Å². The van der Waals surface area contributed by atoms with Crippen LogP contribution in [0, 0.1) is 0 Å². The Labute approximate surface area is 70.2 Å². The summed E-state index contributed by atoms with van der Waals surface area (Å²) in [5, 5.41) is 8.34. The quantitative estimate of drug-likeness (QED) is 0.726. The first-order valence-corrected chi connectivity index (χ1v) is 3.55. The van der Waals surface area contributed by atoms with Crippen LogP contribution in [0.3, 0.4) is 0 Å². The highest BCUT2D eigenvalue weighted by Gasteiger charge is 1.93. The summed E-state index contributed by atoms with van der Waals surface area (Å²) >= 11 is 0. The number of hydrogen-bond acceptors (Lipinski definition) is 2. The van der Waals surface area contributed by atoms with Crippen LogP contribution < -0.4 is 0 Å². The van der Waals surface area contributed by atoms with Crippen molar-refractivity contribution in [3.8, 4) is 0 Å². The van der Waals surface area contributed by atoms with Crippen LogP contribution in [0.5, 0.6) is 0 Å². The molecule has 1 aromatic heterocycles. The predicted molar refractivity (Wildman–Crippen MR) is 44.5 cm³/mol. The first-order valence-electron chi connectivity index (χ1n) is 3.55. The lowest BCUT2D eigenvalue weighted by Gasteiger charge is -1.92. The normalized spacial score (nSPS) is 10.8. The molecule has 0 bridgehead atoms. The molecule has 0 unspecified atom stereocenters. The summed E-state index contributed by atoms with van der Waals surface area (Å²) in [6.45, 7) is 0. The van der Waals surface area contributed by atoms with Gasteiger partial charge in [-0.25, -0.2) is 4.98 Å². The topological polar surface area (TPSA) is 55.1 Å². The number of carboxylic acids is 1. The van der Waals surface area contributed by atoms with Gasteiger partial charge in [-0.3, -0.25) is 4.79 Å². The number of hydrogen-bond donors (Lipinski definition) is 1. The summed E-state index contributed by atoms with van der Waals surface area (Å²) < 4.78 is 1.82. The van der Waals surface area contributed by atoms with Crippen LogP contribution in [-0.2, 0) is 11.8 Å². The van der Waals surface area contributed by atoms with E-state index in [0.717, 1.165) is 5.69 Å². The van der Waals surface area contributed by atoms with Crippen molar-refractivity contribution in [1.29, 1.82) is 0 Å². The molecule has 1 aromatic rings. The number of carboxylic acid groups (broad SMARTS) is 1. The maximum atomic E-state index is 10.1. The Morgan fingerprint density at radius 3 is 3.08 bits per heavy atom. The van der Waals surface area contributed by atoms with E-state index in [4.69, 9.17) is 5.11 Å². The second kappa shape index (κ2) is 3.71. The van der Waals surface area contributed by atoms with Crippen LogP contribution in [-0.4, -0.2) is 20.6 Å². The van der Waals surface area contributed by atoms with E-state index in [1.165, 1.54) is 0 Å². The lowest BCUT2D eigenvalue weighted by atomic mass is 10.3. The minimum Gasteiger partial charge on any atom is -0.481 e. The lowest BCUT2D eigenvalue weighted by Crippen LogP contribution is -1.91. The molecule has 0 fully saturated rings. The monoisotopic (exact) mass is 166 g/mol. The molecular formula is C8H10N2O2. The molecule has 0 aliphatic carbocycles. The summed E-state index contributed by atoms with van der Waals surface area (Å²) in [4.78, 5) is 14.0. The first kappa shape index (κ1) is 8.52. The molecule has 0 spiro atoms. The molecule has 0 atom stereocenters. The van der Waals surface area contributed by atoms with E-state index in [0.29, 0.717) is 0 Å². The highest BCUT2D eigenvalue weighted by molar-refractivity contribution is 5.70. The van der Waals surface area contributed by atoms with Crippen LogP contribution in [0.15, 0.2) is 18.6 Å². The highest BCUT2D eigenvalue weighted by Crippen LogP contribution is 1.99. The second-order valence-corrected chi connectivity index (χ2v) is 2.43. The van der Waals surface area contributed by atoms with E-state index in [9.17, 15) is 4.79 Å². The largest absolute Gasteiger partial charge is 0.481 e. The third-order valence-electron chi connectivity index (χ3n) is 1.44. The van der Waals surface area contributed by atoms with E-state index in [2.05, 4.69) is 4.98 Å². The summed E-state index contributed by atoms with van der Waals surface area (Å²) in [7, 11) is 1.85. The van der Waals surface area contributed by atoms with Gasteiger partial charge in [0.15, 0.2) is 0 Å². The summed E-state index contributed by atoms with van der Waals surface area (Å²) in [5.74, 6) is -0.826. The Balaban J connectivity index is 2.57. The number of imidazole rings is 1. The fraction of sp³-hybridized carbons (Fsp3) is 0.250. The zero-order valence-electron chi connectivity index (χ0n) is 6.77. The van der Waals surface area contributed by atoms with Gasteiger partial charge in [0.2, 0.25) is 0 Å². The van der Waals surface area contributed by atoms with Crippen molar-refractivity contribution in [3.05, 3.63) is 24.3 Å². The minimum absolute atomic E-state index is 0.0468. The van der Waals surface area contributed by atoms with Crippen LogP contribution in [0.2, 0.25) is 0 Å². The molecule has 4 heteroatoms. The molecule has 0 saturated heterocycles. The van der Waals surface area contributed by atoms with Gasteiger partial charge < -0.3 is 9.67 Å².